The highest BCUT2D eigenvalue weighted by Gasteiger charge is 2.42. The van der Waals surface area contributed by atoms with Crippen molar-refractivity contribution < 1.29 is 10.2 Å². The Bertz CT molecular complexity index is 374. The zero-order chi connectivity index (χ0) is 13.7. The van der Waals surface area contributed by atoms with Gasteiger partial charge in [0.15, 0.2) is 0 Å². The van der Waals surface area contributed by atoms with Crippen LogP contribution in [0.15, 0.2) is 35.2 Å². The van der Waals surface area contributed by atoms with Crippen LogP contribution in [-0.2, 0) is 0 Å². The van der Waals surface area contributed by atoms with Gasteiger partial charge in [0.25, 0.3) is 0 Å². The van der Waals surface area contributed by atoms with Gasteiger partial charge in [-0.3, -0.25) is 0 Å². The maximum Gasteiger partial charge on any atom is 0.0737 e. The van der Waals surface area contributed by atoms with Crippen molar-refractivity contribution in [3.63, 3.8) is 0 Å². The van der Waals surface area contributed by atoms with Crippen molar-refractivity contribution in [1.29, 1.82) is 0 Å². The van der Waals surface area contributed by atoms with Gasteiger partial charge in [-0.05, 0) is 25.0 Å². The van der Waals surface area contributed by atoms with Crippen LogP contribution in [0.1, 0.15) is 39.0 Å². The quantitative estimate of drug-likeness (QED) is 0.867. The highest BCUT2D eigenvalue weighted by molar-refractivity contribution is 8.00. The number of rotatable bonds is 5. The number of hydrogen-bond acceptors (Lipinski definition) is 3. The molecule has 3 heteroatoms. The minimum Gasteiger partial charge on any atom is -0.396 e. The molecule has 0 aliphatic heterocycles. The first-order chi connectivity index (χ1) is 9.18. The second-order valence-electron chi connectivity index (χ2n) is 5.65. The van der Waals surface area contributed by atoms with Crippen LogP contribution in [0.4, 0.5) is 0 Å². The number of thioether (sulfide) groups is 1. The smallest absolute Gasteiger partial charge is 0.0737 e. The molecular weight excluding hydrogens is 256 g/mol. The van der Waals surface area contributed by atoms with Crippen molar-refractivity contribution in [1.82, 2.24) is 0 Å². The van der Waals surface area contributed by atoms with Gasteiger partial charge in [0.1, 0.15) is 0 Å². The average Bonchev–Trinajstić information content (AvgIpc) is 2.47. The largest absolute Gasteiger partial charge is 0.396 e. The van der Waals surface area contributed by atoms with Gasteiger partial charge in [-0.25, -0.2) is 0 Å². The number of aliphatic hydroxyl groups excluding tert-OH is 2. The third-order valence-electron chi connectivity index (χ3n) is 4.13. The van der Waals surface area contributed by atoms with Crippen LogP contribution in [0, 0.1) is 5.92 Å². The molecule has 1 fully saturated rings. The molecule has 0 aromatic heterocycles. The van der Waals surface area contributed by atoms with Gasteiger partial charge in [-0.2, -0.15) is 0 Å². The lowest BCUT2D eigenvalue weighted by atomic mass is 9.80. The molecule has 2 atom stereocenters. The standard InChI is InChI=1S/C16H24O2S/c1-13(12-17)15(18)16(10-6-3-7-11-16)19-14-8-4-2-5-9-14/h2,4-5,8-9,13,15,17-18H,3,6-7,10-12H2,1H3/t13-,15-/m0/s1. The Hall–Kier alpha value is -0.510. The SMILES string of the molecule is C[C@@H](CO)[C@H](O)C1(Sc2ccccc2)CCCCC1. The molecule has 106 valence electrons. The molecule has 0 spiro atoms. The van der Waals surface area contributed by atoms with Gasteiger partial charge >= 0.3 is 0 Å². The first-order valence-corrected chi connectivity index (χ1v) is 8.02. The maximum atomic E-state index is 10.7. The molecule has 1 aromatic rings. The van der Waals surface area contributed by atoms with Gasteiger partial charge in [0.05, 0.1) is 6.10 Å². The first kappa shape index (κ1) is 14.9. The van der Waals surface area contributed by atoms with E-state index in [4.69, 9.17) is 0 Å². The molecular formula is C16H24O2S. The summed E-state index contributed by atoms with van der Waals surface area (Å²) in [6.45, 7) is 1.99. The van der Waals surface area contributed by atoms with Crippen LogP contribution in [0.25, 0.3) is 0 Å². The fourth-order valence-electron chi connectivity index (χ4n) is 2.95. The summed E-state index contributed by atoms with van der Waals surface area (Å²) in [6.07, 6.45) is 5.25. The predicted molar refractivity (Wildman–Crippen MR) is 80.4 cm³/mol. The second kappa shape index (κ2) is 6.78. The molecule has 19 heavy (non-hydrogen) atoms. The predicted octanol–water partition coefficient (Wildman–Crippen LogP) is 3.47. The minimum atomic E-state index is -0.442. The Labute approximate surface area is 120 Å². The normalized spacial score (nSPS) is 21.8. The molecule has 2 nitrogen and oxygen atoms in total. The lowest BCUT2D eigenvalue weighted by Gasteiger charge is -2.42. The number of aliphatic hydroxyl groups is 2. The summed E-state index contributed by atoms with van der Waals surface area (Å²) >= 11 is 1.80. The molecule has 0 heterocycles. The number of hydrogen-bond donors (Lipinski definition) is 2. The van der Waals surface area contributed by atoms with Gasteiger partial charge in [0, 0.05) is 22.2 Å². The minimum absolute atomic E-state index is 0.0538. The molecule has 1 saturated carbocycles. The summed E-state index contributed by atoms with van der Waals surface area (Å²) in [6, 6.07) is 10.3. The van der Waals surface area contributed by atoms with Crippen LogP contribution in [0.2, 0.25) is 0 Å². The Kier molecular flexibility index (Phi) is 5.31. The van der Waals surface area contributed by atoms with E-state index >= 15 is 0 Å². The Morgan fingerprint density at radius 2 is 1.79 bits per heavy atom. The Balaban J connectivity index is 2.19. The van der Waals surface area contributed by atoms with Crippen molar-refractivity contribution in [3.05, 3.63) is 30.3 Å². The van der Waals surface area contributed by atoms with Crippen LogP contribution in [-0.4, -0.2) is 27.7 Å². The van der Waals surface area contributed by atoms with Crippen molar-refractivity contribution >= 4 is 11.8 Å². The summed E-state index contributed by atoms with van der Waals surface area (Å²) < 4.78 is -0.123. The molecule has 0 saturated heterocycles. The lowest BCUT2D eigenvalue weighted by molar-refractivity contribution is 0.0333. The highest BCUT2D eigenvalue weighted by Crippen LogP contribution is 2.47. The van der Waals surface area contributed by atoms with Crippen molar-refractivity contribution in [2.24, 2.45) is 5.92 Å². The van der Waals surface area contributed by atoms with E-state index in [9.17, 15) is 10.2 Å². The topological polar surface area (TPSA) is 40.5 Å². The average molecular weight is 280 g/mol. The fraction of sp³-hybridized carbons (Fsp3) is 0.625. The van der Waals surface area contributed by atoms with E-state index in [-0.39, 0.29) is 17.3 Å². The third-order valence-corrected chi connectivity index (χ3v) is 5.69. The van der Waals surface area contributed by atoms with Crippen molar-refractivity contribution in [3.8, 4) is 0 Å². The molecule has 0 amide bonds. The van der Waals surface area contributed by atoms with Gasteiger partial charge in [0.2, 0.25) is 0 Å². The molecule has 2 rings (SSSR count). The zero-order valence-electron chi connectivity index (χ0n) is 11.6. The molecule has 1 aliphatic carbocycles. The number of benzene rings is 1. The summed E-state index contributed by atoms with van der Waals surface area (Å²) in [7, 11) is 0. The summed E-state index contributed by atoms with van der Waals surface area (Å²) in [5, 5.41) is 20.0. The summed E-state index contributed by atoms with van der Waals surface area (Å²) in [4.78, 5) is 1.22. The molecule has 1 aliphatic rings. The zero-order valence-corrected chi connectivity index (χ0v) is 12.4. The molecule has 0 radical (unpaired) electrons. The summed E-state index contributed by atoms with van der Waals surface area (Å²) in [5.41, 5.74) is 0. The van der Waals surface area contributed by atoms with E-state index in [1.807, 2.05) is 25.1 Å². The van der Waals surface area contributed by atoms with E-state index in [1.165, 1.54) is 24.2 Å². The van der Waals surface area contributed by atoms with E-state index in [2.05, 4.69) is 12.1 Å². The van der Waals surface area contributed by atoms with Gasteiger partial charge in [-0.15, -0.1) is 11.8 Å². The van der Waals surface area contributed by atoms with E-state index in [0.717, 1.165) is 12.8 Å². The summed E-state index contributed by atoms with van der Waals surface area (Å²) in [5.74, 6) is -0.0608. The van der Waals surface area contributed by atoms with Gasteiger partial charge in [-0.1, -0.05) is 44.4 Å². The van der Waals surface area contributed by atoms with Crippen LogP contribution in [0.5, 0.6) is 0 Å². The lowest BCUT2D eigenvalue weighted by Crippen LogP contribution is -2.45. The first-order valence-electron chi connectivity index (χ1n) is 7.21. The van der Waals surface area contributed by atoms with Crippen LogP contribution in [0.3, 0.4) is 0 Å². The fourth-order valence-corrected chi connectivity index (χ4v) is 4.56. The molecule has 2 N–H and O–H groups in total. The van der Waals surface area contributed by atoms with Crippen molar-refractivity contribution in [2.75, 3.05) is 6.61 Å². The van der Waals surface area contributed by atoms with E-state index < -0.39 is 6.10 Å². The molecule has 1 aromatic carbocycles. The highest BCUT2D eigenvalue weighted by atomic mass is 32.2. The second-order valence-corrected chi connectivity index (χ2v) is 7.13. The third kappa shape index (κ3) is 3.53. The molecule has 0 unspecified atom stereocenters. The van der Waals surface area contributed by atoms with E-state index in [0.29, 0.717) is 0 Å². The van der Waals surface area contributed by atoms with Crippen molar-refractivity contribution in [2.45, 2.75) is 54.8 Å². The Morgan fingerprint density at radius 1 is 1.16 bits per heavy atom. The monoisotopic (exact) mass is 280 g/mol. The van der Waals surface area contributed by atoms with Crippen LogP contribution >= 0.6 is 11.8 Å². The van der Waals surface area contributed by atoms with Gasteiger partial charge < -0.3 is 10.2 Å². The molecule has 0 bridgehead atoms. The Morgan fingerprint density at radius 3 is 2.37 bits per heavy atom. The van der Waals surface area contributed by atoms with E-state index in [1.54, 1.807) is 11.8 Å². The van der Waals surface area contributed by atoms with Crippen LogP contribution < -0.4 is 0 Å². The maximum absolute atomic E-state index is 10.7.